The number of nitrogens with zero attached hydrogens (tertiary/aromatic N) is 2. The first kappa shape index (κ1) is 10.6. The van der Waals surface area contributed by atoms with Gasteiger partial charge in [0.2, 0.25) is 5.91 Å². The summed E-state index contributed by atoms with van der Waals surface area (Å²) in [7, 11) is 1.55. The molecule has 1 rings (SSSR count). The lowest BCUT2D eigenvalue weighted by atomic mass is 10.4. The predicted molar refractivity (Wildman–Crippen MR) is 51.9 cm³/mol. The van der Waals surface area contributed by atoms with Crippen LogP contribution in [0.2, 0.25) is 0 Å². The van der Waals surface area contributed by atoms with Gasteiger partial charge in [0.05, 0.1) is 31.1 Å². The van der Waals surface area contributed by atoms with E-state index in [-0.39, 0.29) is 5.91 Å². The van der Waals surface area contributed by atoms with Crippen molar-refractivity contribution in [3.8, 4) is 0 Å². The molecule has 5 heteroatoms. The third kappa shape index (κ3) is 3.49. The van der Waals surface area contributed by atoms with E-state index in [1.807, 2.05) is 6.92 Å². The average Bonchev–Trinajstić information content (AvgIpc) is 2.18. The lowest BCUT2D eigenvalue weighted by Crippen LogP contribution is -2.14. The van der Waals surface area contributed by atoms with Crippen LogP contribution in [0.5, 0.6) is 0 Å². The molecule has 0 spiro atoms. The summed E-state index contributed by atoms with van der Waals surface area (Å²) in [5.74, 6) is 0.349. The summed E-state index contributed by atoms with van der Waals surface area (Å²) in [6, 6.07) is 0. The van der Waals surface area contributed by atoms with E-state index in [0.29, 0.717) is 18.8 Å². The second-order valence-corrected chi connectivity index (χ2v) is 2.83. The highest BCUT2D eigenvalue weighted by molar-refractivity contribution is 5.89. The van der Waals surface area contributed by atoms with Gasteiger partial charge in [0.25, 0.3) is 0 Å². The SMILES string of the molecule is COCCC(=O)Nc1cnc(C)cn1. The van der Waals surface area contributed by atoms with Crippen LogP contribution in [0.4, 0.5) is 5.82 Å². The van der Waals surface area contributed by atoms with Gasteiger partial charge < -0.3 is 10.1 Å². The molecular formula is C9H13N3O2. The summed E-state index contributed by atoms with van der Waals surface area (Å²) in [4.78, 5) is 19.2. The van der Waals surface area contributed by atoms with Crippen molar-refractivity contribution in [3.05, 3.63) is 18.1 Å². The van der Waals surface area contributed by atoms with E-state index in [0.717, 1.165) is 5.69 Å². The van der Waals surface area contributed by atoms with Gasteiger partial charge in [-0.05, 0) is 6.92 Å². The Morgan fingerprint density at radius 1 is 1.50 bits per heavy atom. The number of ether oxygens (including phenoxy) is 1. The lowest BCUT2D eigenvalue weighted by Gasteiger charge is -2.02. The molecule has 1 aromatic rings. The highest BCUT2D eigenvalue weighted by Gasteiger charge is 2.02. The van der Waals surface area contributed by atoms with Gasteiger partial charge in [0.15, 0.2) is 5.82 Å². The minimum atomic E-state index is -0.120. The van der Waals surface area contributed by atoms with Crippen LogP contribution in [-0.2, 0) is 9.53 Å². The second-order valence-electron chi connectivity index (χ2n) is 2.83. The van der Waals surface area contributed by atoms with E-state index in [9.17, 15) is 4.79 Å². The zero-order chi connectivity index (χ0) is 10.4. The lowest BCUT2D eigenvalue weighted by molar-refractivity contribution is -0.117. The third-order valence-corrected chi connectivity index (χ3v) is 1.58. The smallest absolute Gasteiger partial charge is 0.227 e. The van der Waals surface area contributed by atoms with Crippen LogP contribution in [0.1, 0.15) is 12.1 Å². The van der Waals surface area contributed by atoms with Crippen LogP contribution in [0.25, 0.3) is 0 Å². The van der Waals surface area contributed by atoms with Crippen LogP contribution in [-0.4, -0.2) is 29.6 Å². The van der Waals surface area contributed by atoms with Gasteiger partial charge in [-0.1, -0.05) is 0 Å². The topological polar surface area (TPSA) is 64.1 Å². The number of rotatable bonds is 4. The molecule has 0 radical (unpaired) electrons. The summed E-state index contributed by atoms with van der Waals surface area (Å²) in [6.45, 7) is 2.24. The van der Waals surface area contributed by atoms with E-state index in [1.54, 1.807) is 13.3 Å². The molecule has 5 nitrogen and oxygen atoms in total. The van der Waals surface area contributed by atoms with Crippen molar-refractivity contribution < 1.29 is 9.53 Å². The highest BCUT2D eigenvalue weighted by atomic mass is 16.5. The Balaban J connectivity index is 2.44. The fourth-order valence-corrected chi connectivity index (χ4v) is 0.857. The Morgan fingerprint density at radius 3 is 2.86 bits per heavy atom. The maximum Gasteiger partial charge on any atom is 0.227 e. The molecule has 1 amide bonds. The second kappa shape index (κ2) is 5.29. The van der Waals surface area contributed by atoms with Gasteiger partial charge in [-0.25, -0.2) is 4.98 Å². The minimum Gasteiger partial charge on any atom is -0.384 e. The molecule has 76 valence electrons. The van der Waals surface area contributed by atoms with Gasteiger partial charge >= 0.3 is 0 Å². The largest absolute Gasteiger partial charge is 0.384 e. The number of carbonyl (C=O) groups is 1. The van der Waals surface area contributed by atoms with Crippen LogP contribution in [0.15, 0.2) is 12.4 Å². The molecule has 0 saturated carbocycles. The van der Waals surface area contributed by atoms with Crippen LogP contribution < -0.4 is 5.32 Å². The fourth-order valence-electron chi connectivity index (χ4n) is 0.857. The summed E-state index contributed by atoms with van der Waals surface area (Å²) in [5.41, 5.74) is 0.819. The number of hydrogen-bond acceptors (Lipinski definition) is 4. The highest BCUT2D eigenvalue weighted by Crippen LogP contribution is 2.00. The molecule has 0 aromatic carbocycles. The maximum absolute atomic E-state index is 11.2. The minimum absolute atomic E-state index is 0.120. The summed E-state index contributed by atoms with van der Waals surface area (Å²) < 4.78 is 4.77. The molecule has 0 saturated heterocycles. The Labute approximate surface area is 82.5 Å². The molecule has 0 atom stereocenters. The van der Waals surface area contributed by atoms with Crippen LogP contribution >= 0.6 is 0 Å². The number of carbonyl (C=O) groups excluding carboxylic acids is 1. The Kier molecular flexibility index (Phi) is 4.00. The molecule has 1 heterocycles. The van der Waals surface area contributed by atoms with Gasteiger partial charge in [-0.2, -0.15) is 0 Å². The van der Waals surface area contributed by atoms with Gasteiger partial charge in [-0.3, -0.25) is 9.78 Å². The zero-order valence-corrected chi connectivity index (χ0v) is 8.28. The van der Waals surface area contributed by atoms with Gasteiger partial charge in [0, 0.05) is 7.11 Å². The normalized spacial score (nSPS) is 9.86. The zero-order valence-electron chi connectivity index (χ0n) is 8.28. The Hall–Kier alpha value is -1.49. The molecule has 1 aromatic heterocycles. The Morgan fingerprint density at radius 2 is 2.29 bits per heavy atom. The van der Waals surface area contributed by atoms with Gasteiger partial charge in [-0.15, -0.1) is 0 Å². The van der Waals surface area contributed by atoms with Crippen molar-refractivity contribution in [2.75, 3.05) is 19.0 Å². The number of aryl methyl sites for hydroxylation is 1. The quantitative estimate of drug-likeness (QED) is 0.770. The van der Waals surface area contributed by atoms with E-state index >= 15 is 0 Å². The number of methoxy groups -OCH3 is 1. The van der Waals surface area contributed by atoms with E-state index < -0.39 is 0 Å². The van der Waals surface area contributed by atoms with Crippen molar-refractivity contribution in [2.24, 2.45) is 0 Å². The molecule has 1 N–H and O–H groups in total. The number of nitrogens with one attached hydrogen (secondary N) is 1. The molecular weight excluding hydrogens is 182 g/mol. The van der Waals surface area contributed by atoms with Crippen molar-refractivity contribution in [2.45, 2.75) is 13.3 Å². The monoisotopic (exact) mass is 195 g/mol. The van der Waals surface area contributed by atoms with Crippen LogP contribution in [0.3, 0.4) is 0 Å². The van der Waals surface area contributed by atoms with E-state index in [1.165, 1.54) is 6.20 Å². The molecule has 0 bridgehead atoms. The average molecular weight is 195 g/mol. The molecule has 0 unspecified atom stereocenters. The van der Waals surface area contributed by atoms with Crippen molar-refractivity contribution >= 4 is 11.7 Å². The molecule has 0 aliphatic heterocycles. The van der Waals surface area contributed by atoms with E-state index in [2.05, 4.69) is 15.3 Å². The number of amides is 1. The Bertz CT molecular complexity index is 297. The van der Waals surface area contributed by atoms with Gasteiger partial charge in [0.1, 0.15) is 0 Å². The summed E-state index contributed by atoms with van der Waals surface area (Å²) >= 11 is 0. The number of hydrogen-bond donors (Lipinski definition) is 1. The standard InChI is InChI=1S/C9H13N3O2/c1-7-5-11-8(6-10-7)12-9(13)3-4-14-2/h5-6H,3-4H2,1-2H3,(H,11,12,13). The third-order valence-electron chi connectivity index (χ3n) is 1.58. The van der Waals surface area contributed by atoms with Crippen molar-refractivity contribution in [1.82, 2.24) is 9.97 Å². The first-order chi connectivity index (χ1) is 6.72. The summed E-state index contributed by atoms with van der Waals surface area (Å²) in [6.07, 6.45) is 3.46. The number of aromatic nitrogens is 2. The fraction of sp³-hybridized carbons (Fsp3) is 0.444. The first-order valence-electron chi connectivity index (χ1n) is 4.30. The van der Waals surface area contributed by atoms with E-state index in [4.69, 9.17) is 4.74 Å². The maximum atomic E-state index is 11.2. The predicted octanol–water partition coefficient (Wildman–Crippen LogP) is 0.760. The molecule has 0 aliphatic carbocycles. The summed E-state index contributed by atoms with van der Waals surface area (Å²) in [5, 5.41) is 2.61. The van der Waals surface area contributed by atoms with Crippen molar-refractivity contribution in [3.63, 3.8) is 0 Å². The number of anilines is 1. The van der Waals surface area contributed by atoms with Crippen LogP contribution in [0, 0.1) is 6.92 Å². The molecule has 14 heavy (non-hydrogen) atoms. The molecule has 0 aliphatic rings. The molecule has 0 fully saturated rings. The van der Waals surface area contributed by atoms with Crippen molar-refractivity contribution in [1.29, 1.82) is 0 Å². The first-order valence-corrected chi connectivity index (χ1v) is 4.30.